The Kier molecular flexibility index (Phi) is 33.3. The van der Waals surface area contributed by atoms with Crippen molar-refractivity contribution in [1.82, 2.24) is 0 Å². The summed E-state index contributed by atoms with van der Waals surface area (Å²) in [7, 11) is 0. The standard InChI is InChI=1S/C38H77FO/c1-4-7-9-11-13-15-17-19-21-25-29-33-38(6-3,37-40-36-32-28-24-23-27-31-35-39)34-30-26-22-20-18-16-14-12-10-8-5-2/h4-37H2,1-3H3. The molecule has 40 heavy (non-hydrogen) atoms. The van der Waals surface area contributed by atoms with E-state index in [4.69, 9.17) is 4.74 Å². The molecule has 0 aliphatic carbocycles. The second-order valence-corrected chi connectivity index (χ2v) is 13.3. The summed E-state index contributed by atoms with van der Waals surface area (Å²) in [6.07, 6.45) is 42.0. The van der Waals surface area contributed by atoms with Crippen molar-refractivity contribution in [2.75, 3.05) is 19.9 Å². The highest BCUT2D eigenvalue weighted by molar-refractivity contribution is 4.78. The lowest BCUT2D eigenvalue weighted by molar-refractivity contribution is 0.0245. The Balaban J connectivity index is 4.20. The molecule has 0 fully saturated rings. The Hall–Kier alpha value is -0.110. The number of halogens is 1. The highest BCUT2D eigenvalue weighted by Gasteiger charge is 2.27. The molecule has 0 rings (SSSR count). The van der Waals surface area contributed by atoms with Gasteiger partial charge in [0.05, 0.1) is 13.3 Å². The smallest absolute Gasteiger partial charge is 0.0894 e. The van der Waals surface area contributed by atoms with Crippen molar-refractivity contribution in [3.63, 3.8) is 0 Å². The Morgan fingerprint density at radius 1 is 0.400 bits per heavy atom. The number of hydrogen-bond acceptors (Lipinski definition) is 1. The third-order valence-corrected chi connectivity index (χ3v) is 9.45. The first-order valence-corrected chi connectivity index (χ1v) is 18.9. The molecule has 0 spiro atoms. The average Bonchev–Trinajstić information content (AvgIpc) is 2.97. The molecule has 0 bridgehead atoms. The van der Waals surface area contributed by atoms with Gasteiger partial charge in [-0.1, -0.05) is 188 Å². The molecule has 0 aromatic heterocycles. The van der Waals surface area contributed by atoms with E-state index in [1.807, 2.05) is 0 Å². The molecule has 242 valence electrons. The number of alkyl halides is 1. The van der Waals surface area contributed by atoms with E-state index in [1.165, 1.54) is 186 Å². The number of unbranched alkanes of at least 4 members (excludes halogenated alkanes) is 25. The molecule has 0 aromatic rings. The van der Waals surface area contributed by atoms with E-state index >= 15 is 0 Å². The Morgan fingerprint density at radius 2 is 0.725 bits per heavy atom. The Labute approximate surface area is 254 Å². The van der Waals surface area contributed by atoms with E-state index in [0.717, 1.165) is 26.1 Å². The fourth-order valence-corrected chi connectivity index (χ4v) is 6.35. The number of rotatable bonds is 35. The van der Waals surface area contributed by atoms with Crippen LogP contribution in [-0.4, -0.2) is 19.9 Å². The fraction of sp³-hybridized carbons (Fsp3) is 1.00. The van der Waals surface area contributed by atoms with Crippen molar-refractivity contribution in [2.45, 2.75) is 220 Å². The van der Waals surface area contributed by atoms with E-state index in [0.29, 0.717) is 5.41 Å². The van der Waals surface area contributed by atoms with Gasteiger partial charge in [-0.3, -0.25) is 4.39 Å². The molecule has 0 radical (unpaired) electrons. The molecule has 0 amide bonds. The van der Waals surface area contributed by atoms with E-state index in [1.54, 1.807) is 0 Å². The largest absolute Gasteiger partial charge is 0.381 e. The van der Waals surface area contributed by atoms with Crippen LogP contribution in [0.3, 0.4) is 0 Å². The zero-order chi connectivity index (χ0) is 29.2. The van der Waals surface area contributed by atoms with Gasteiger partial charge in [0, 0.05) is 6.61 Å². The molecule has 2 heteroatoms. The summed E-state index contributed by atoms with van der Waals surface area (Å²) in [6, 6.07) is 0. The van der Waals surface area contributed by atoms with E-state index < -0.39 is 0 Å². The van der Waals surface area contributed by atoms with Crippen molar-refractivity contribution in [1.29, 1.82) is 0 Å². The van der Waals surface area contributed by atoms with Gasteiger partial charge in [0.15, 0.2) is 0 Å². The SMILES string of the molecule is CCCCCCCCCCCCCC(CC)(CCCCCCCCCCCCC)COCCCCCCCCF. The fourth-order valence-electron chi connectivity index (χ4n) is 6.35. The van der Waals surface area contributed by atoms with Crippen LogP contribution in [0.25, 0.3) is 0 Å². The maximum atomic E-state index is 12.3. The predicted molar refractivity (Wildman–Crippen MR) is 179 cm³/mol. The Bertz CT molecular complexity index is 425. The second kappa shape index (κ2) is 33.4. The van der Waals surface area contributed by atoms with Gasteiger partial charge < -0.3 is 4.74 Å². The van der Waals surface area contributed by atoms with Crippen LogP contribution in [0.4, 0.5) is 4.39 Å². The summed E-state index contributed by atoms with van der Waals surface area (Å²) in [5, 5.41) is 0. The maximum Gasteiger partial charge on any atom is 0.0894 e. The van der Waals surface area contributed by atoms with Gasteiger partial charge in [-0.15, -0.1) is 0 Å². The van der Waals surface area contributed by atoms with Gasteiger partial charge in [-0.05, 0) is 37.5 Å². The summed E-state index contributed by atoms with van der Waals surface area (Å²) < 4.78 is 18.6. The third kappa shape index (κ3) is 28.0. The predicted octanol–water partition coefficient (Wildman–Crippen LogP) is 14.1. The Morgan fingerprint density at radius 3 is 1.07 bits per heavy atom. The topological polar surface area (TPSA) is 9.23 Å². The van der Waals surface area contributed by atoms with Crippen LogP contribution >= 0.6 is 0 Å². The molecule has 0 saturated carbocycles. The van der Waals surface area contributed by atoms with E-state index in [9.17, 15) is 4.39 Å². The van der Waals surface area contributed by atoms with Gasteiger partial charge in [0.2, 0.25) is 0 Å². The number of ether oxygens (including phenoxy) is 1. The highest BCUT2D eigenvalue weighted by atomic mass is 19.1. The van der Waals surface area contributed by atoms with Crippen molar-refractivity contribution >= 4 is 0 Å². The molecular formula is C38H77FO. The van der Waals surface area contributed by atoms with Crippen LogP contribution in [0.2, 0.25) is 0 Å². The summed E-state index contributed by atoms with van der Waals surface area (Å²) in [5.74, 6) is 0. The zero-order valence-electron chi connectivity index (χ0n) is 28.3. The maximum absolute atomic E-state index is 12.3. The molecule has 0 heterocycles. The van der Waals surface area contributed by atoms with Crippen LogP contribution in [0.1, 0.15) is 220 Å². The zero-order valence-corrected chi connectivity index (χ0v) is 28.3. The summed E-state index contributed by atoms with van der Waals surface area (Å²) in [5.41, 5.74) is 0.402. The second-order valence-electron chi connectivity index (χ2n) is 13.3. The minimum atomic E-state index is -0.152. The molecule has 0 saturated heterocycles. The average molecular weight is 569 g/mol. The summed E-state index contributed by atoms with van der Waals surface area (Å²) >= 11 is 0. The lowest BCUT2D eigenvalue weighted by Crippen LogP contribution is -2.27. The van der Waals surface area contributed by atoms with Crippen LogP contribution in [0, 0.1) is 5.41 Å². The quantitative estimate of drug-likeness (QED) is 0.0691. The van der Waals surface area contributed by atoms with Crippen molar-refractivity contribution in [2.24, 2.45) is 5.41 Å². The molecule has 0 aromatic carbocycles. The molecular weight excluding hydrogens is 491 g/mol. The first kappa shape index (κ1) is 39.9. The third-order valence-electron chi connectivity index (χ3n) is 9.45. The van der Waals surface area contributed by atoms with E-state index in [2.05, 4.69) is 20.8 Å². The molecule has 0 unspecified atom stereocenters. The minimum absolute atomic E-state index is 0.152. The molecule has 0 aliphatic rings. The molecule has 0 N–H and O–H groups in total. The monoisotopic (exact) mass is 569 g/mol. The number of hydrogen-bond donors (Lipinski definition) is 0. The lowest BCUT2D eigenvalue weighted by atomic mass is 9.76. The van der Waals surface area contributed by atoms with Crippen LogP contribution in [-0.2, 0) is 4.74 Å². The van der Waals surface area contributed by atoms with Crippen molar-refractivity contribution < 1.29 is 9.13 Å². The van der Waals surface area contributed by atoms with Gasteiger partial charge >= 0.3 is 0 Å². The molecule has 0 atom stereocenters. The lowest BCUT2D eigenvalue weighted by Gasteiger charge is -2.33. The van der Waals surface area contributed by atoms with Crippen LogP contribution in [0.5, 0.6) is 0 Å². The van der Waals surface area contributed by atoms with Gasteiger partial charge in [0.1, 0.15) is 0 Å². The molecule has 0 aliphatic heterocycles. The van der Waals surface area contributed by atoms with E-state index in [-0.39, 0.29) is 6.67 Å². The van der Waals surface area contributed by atoms with Gasteiger partial charge in [-0.25, -0.2) is 0 Å². The first-order valence-electron chi connectivity index (χ1n) is 18.9. The normalized spacial score (nSPS) is 12.0. The van der Waals surface area contributed by atoms with Gasteiger partial charge in [-0.2, -0.15) is 0 Å². The molecule has 1 nitrogen and oxygen atoms in total. The highest BCUT2D eigenvalue weighted by Crippen LogP contribution is 2.36. The van der Waals surface area contributed by atoms with Crippen LogP contribution in [0.15, 0.2) is 0 Å². The summed E-state index contributed by atoms with van der Waals surface area (Å²) in [4.78, 5) is 0. The summed E-state index contributed by atoms with van der Waals surface area (Å²) in [6.45, 7) is 8.77. The minimum Gasteiger partial charge on any atom is -0.381 e. The van der Waals surface area contributed by atoms with Crippen molar-refractivity contribution in [3.05, 3.63) is 0 Å². The van der Waals surface area contributed by atoms with Crippen LogP contribution < -0.4 is 0 Å². The van der Waals surface area contributed by atoms with Crippen molar-refractivity contribution in [3.8, 4) is 0 Å². The first-order chi connectivity index (χ1) is 19.7. The van der Waals surface area contributed by atoms with Gasteiger partial charge in [0.25, 0.3) is 0 Å².